The molecule has 0 aliphatic rings. The highest BCUT2D eigenvalue weighted by Gasteiger charge is 2.34. The molecule has 0 aliphatic heterocycles. The van der Waals surface area contributed by atoms with Gasteiger partial charge in [0.2, 0.25) is 0 Å². The van der Waals surface area contributed by atoms with Crippen LogP contribution in [0.4, 0.5) is 13.2 Å². The fourth-order valence-electron chi connectivity index (χ4n) is 1.48. The smallest absolute Gasteiger partial charge is 0.416 e. The molecular weight excluding hydrogens is 374 g/mol. The summed E-state index contributed by atoms with van der Waals surface area (Å²) in [6.45, 7) is 1.66. The van der Waals surface area contributed by atoms with E-state index in [1.165, 1.54) is 0 Å². The first-order chi connectivity index (χ1) is 8.79. The Hall–Kier alpha value is -1.30. The van der Waals surface area contributed by atoms with E-state index < -0.39 is 24.1 Å². The van der Waals surface area contributed by atoms with Gasteiger partial charge in [-0.25, -0.2) is 0 Å². The lowest BCUT2D eigenvalue weighted by molar-refractivity contribution is -0.143. The predicted molar refractivity (Wildman–Crippen MR) is 69.2 cm³/mol. The summed E-state index contributed by atoms with van der Waals surface area (Å²) in [6.07, 6.45) is -5.08. The molecule has 1 rings (SSSR count). The van der Waals surface area contributed by atoms with Crippen molar-refractivity contribution >= 4 is 28.6 Å². The Kier molecular flexibility index (Phi) is 5.17. The lowest BCUT2D eigenvalue weighted by atomic mass is 10.0. The highest BCUT2D eigenvalue weighted by Crippen LogP contribution is 2.34. The molecule has 19 heavy (non-hydrogen) atoms. The number of hydrogen-bond acceptors (Lipinski definition) is 3. The maximum atomic E-state index is 12.9. The Morgan fingerprint density at radius 1 is 1.47 bits per heavy atom. The summed E-state index contributed by atoms with van der Waals surface area (Å²) < 4.78 is 43.4. The molecule has 0 amide bonds. The standard InChI is InChI=1S/C12H9F3INO2/c1-2-19-11(18)4-7-3-8(6-17)10(16)5-9(7)12(13,14)15/h3,5H,2,4H2,1H3. The summed E-state index contributed by atoms with van der Waals surface area (Å²) in [5.41, 5.74) is -1.06. The van der Waals surface area contributed by atoms with E-state index in [2.05, 4.69) is 4.74 Å². The third-order valence-electron chi connectivity index (χ3n) is 2.26. The second-order valence-electron chi connectivity index (χ2n) is 3.58. The predicted octanol–water partition coefficient (Wildman–Crippen LogP) is 3.29. The Morgan fingerprint density at radius 3 is 2.58 bits per heavy atom. The van der Waals surface area contributed by atoms with E-state index in [1.54, 1.807) is 35.6 Å². The third kappa shape index (κ3) is 4.09. The van der Waals surface area contributed by atoms with Crippen molar-refractivity contribution in [3.63, 3.8) is 0 Å². The van der Waals surface area contributed by atoms with Crippen molar-refractivity contribution in [2.24, 2.45) is 0 Å². The minimum absolute atomic E-state index is 0.0929. The number of nitrogens with zero attached hydrogens (tertiary/aromatic N) is 1. The average molecular weight is 383 g/mol. The molecule has 0 aromatic heterocycles. The summed E-state index contributed by atoms with van der Waals surface area (Å²) in [4.78, 5) is 11.3. The molecule has 0 spiro atoms. The SMILES string of the molecule is CCOC(=O)Cc1cc(C#N)c(I)cc1C(F)(F)F. The van der Waals surface area contributed by atoms with Gasteiger partial charge < -0.3 is 4.74 Å². The highest BCUT2D eigenvalue weighted by atomic mass is 127. The quantitative estimate of drug-likeness (QED) is 0.595. The average Bonchev–Trinajstić information content (AvgIpc) is 2.29. The molecule has 1 aromatic carbocycles. The van der Waals surface area contributed by atoms with Crippen molar-refractivity contribution in [2.75, 3.05) is 6.61 Å². The first-order valence-corrected chi connectivity index (χ1v) is 6.32. The van der Waals surface area contributed by atoms with Gasteiger partial charge in [-0.3, -0.25) is 4.79 Å². The number of nitriles is 1. The zero-order valence-electron chi connectivity index (χ0n) is 9.84. The normalized spacial score (nSPS) is 10.9. The van der Waals surface area contributed by atoms with Crippen LogP contribution in [0.3, 0.4) is 0 Å². The molecule has 0 saturated carbocycles. The van der Waals surface area contributed by atoms with Crippen LogP contribution in [0.5, 0.6) is 0 Å². The van der Waals surface area contributed by atoms with E-state index in [0.29, 0.717) is 0 Å². The fourth-order valence-corrected chi connectivity index (χ4v) is 2.07. The molecule has 0 fully saturated rings. The molecule has 0 atom stereocenters. The summed E-state index contributed by atoms with van der Waals surface area (Å²) >= 11 is 1.65. The minimum Gasteiger partial charge on any atom is -0.466 e. The van der Waals surface area contributed by atoms with Crippen LogP contribution in [0, 0.1) is 14.9 Å². The Bertz CT molecular complexity index is 535. The lowest BCUT2D eigenvalue weighted by Gasteiger charge is -2.13. The Labute approximate surface area is 121 Å². The maximum Gasteiger partial charge on any atom is 0.416 e. The first kappa shape index (κ1) is 15.8. The van der Waals surface area contributed by atoms with E-state index in [-0.39, 0.29) is 21.3 Å². The zero-order chi connectivity index (χ0) is 14.6. The number of esters is 1. The van der Waals surface area contributed by atoms with Crippen molar-refractivity contribution in [2.45, 2.75) is 19.5 Å². The van der Waals surface area contributed by atoms with Gasteiger partial charge >= 0.3 is 12.1 Å². The second-order valence-corrected chi connectivity index (χ2v) is 4.74. The molecular formula is C12H9F3INO2. The maximum absolute atomic E-state index is 12.9. The van der Waals surface area contributed by atoms with Gasteiger partial charge in [0.25, 0.3) is 0 Å². The Morgan fingerprint density at radius 2 is 2.11 bits per heavy atom. The van der Waals surface area contributed by atoms with E-state index in [4.69, 9.17) is 5.26 Å². The van der Waals surface area contributed by atoms with Crippen molar-refractivity contribution in [1.29, 1.82) is 5.26 Å². The van der Waals surface area contributed by atoms with Crippen molar-refractivity contribution in [1.82, 2.24) is 0 Å². The van der Waals surface area contributed by atoms with Crippen molar-refractivity contribution < 1.29 is 22.7 Å². The van der Waals surface area contributed by atoms with Crippen LogP contribution in [0.25, 0.3) is 0 Å². The highest BCUT2D eigenvalue weighted by molar-refractivity contribution is 14.1. The first-order valence-electron chi connectivity index (χ1n) is 5.25. The number of ether oxygens (including phenoxy) is 1. The largest absolute Gasteiger partial charge is 0.466 e. The topological polar surface area (TPSA) is 50.1 Å². The summed E-state index contributed by atoms with van der Waals surface area (Å²) in [7, 11) is 0. The van der Waals surface area contributed by atoms with E-state index >= 15 is 0 Å². The van der Waals surface area contributed by atoms with Crippen LogP contribution in [0.15, 0.2) is 12.1 Å². The molecule has 0 bridgehead atoms. The molecule has 1 aromatic rings. The zero-order valence-corrected chi connectivity index (χ0v) is 12.0. The molecule has 3 nitrogen and oxygen atoms in total. The fraction of sp³-hybridized carbons (Fsp3) is 0.333. The number of carbonyl (C=O) groups is 1. The molecule has 0 unspecified atom stereocenters. The summed E-state index contributed by atoms with van der Waals surface area (Å²) in [6, 6.07) is 3.75. The number of benzene rings is 1. The third-order valence-corrected chi connectivity index (χ3v) is 3.15. The second kappa shape index (κ2) is 6.23. The van der Waals surface area contributed by atoms with Crippen LogP contribution < -0.4 is 0 Å². The Balaban J connectivity index is 3.27. The summed E-state index contributed by atoms with van der Waals surface area (Å²) in [5, 5.41) is 8.82. The molecule has 7 heteroatoms. The molecule has 102 valence electrons. The lowest BCUT2D eigenvalue weighted by Crippen LogP contribution is -2.15. The molecule has 0 heterocycles. The number of rotatable bonds is 3. The van der Waals surface area contributed by atoms with Gasteiger partial charge in [-0.1, -0.05) is 0 Å². The summed E-state index contributed by atoms with van der Waals surface area (Å²) in [5.74, 6) is -0.752. The van der Waals surface area contributed by atoms with Gasteiger partial charge in [0.15, 0.2) is 0 Å². The van der Waals surface area contributed by atoms with Crippen LogP contribution in [0.1, 0.15) is 23.6 Å². The van der Waals surface area contributed by atoms with Gasteiger partial charge in [-0.05, 0) is 47.2 Å². The van der Waals surface area contributed by atoms with Gasteiger partial charge in [-0.2, -0.15) is 18.4 Å². The van der Waals surface area contributed by atoms with Gasteiger partial charge in [0.1, 0.15) is 6.07 Å². The number of hydrogen-bond donors (Lipinski definition) is 0. The number of halogens is 4. The monoisotopic (exact) mass is 383 g/mol. The molecule has 0 aliphatic carbocycles. The number of carbonyl (C=O) groups excluding carboxylic acids is 1. The molecule has 0 saturated heterocycles. The molecule has 0 N–H and O–H groups in total. The van der Waals surface area contributed by atoms with Crippen LogP contribution >= 0.6 is 22.6 Å². The van der Waals surface area contributed by atoms with Crippen molar-refractivity contribution in [3.8, 4) is 6.07 Å². The van der Waals surface area contributed by atoms with Gasteiger partial charge in [0, 0.05) is 3.57 Å². The molecule has 0 radical (unpaired) electrons. The van der Waals surface area contributed by atoms with Crippen LogP contribution in [-0.4, -0.2) is 12.6 Å². The number of alkyl halides is 3. The van der Waals surface area contributed by atoms with E-state index in [9.17, 15) is 18.0 Å². The van der Waals surface area contributed by atoms with Crippen molar-refractivity contribution in [3.05, 3.63) is 32.4 Å². The van der Waals surface area contributed by atoms with Gasteiger partial charge in [-0.15, -0.1) is 0 Å². The van der Waals surface area contributed by atoms with E-state index in [1.807, 2.05) is 0 Å². The van der Waals surface area contributed by atoms with Crippen LogP contribution in [0.2, 0.25) is 0 Å². The minimum atomic E-state index is -4.57. The van der Waals surface area contributed by atoms with Gasteiger partial charge in [0.05, 0.1) is 24.2 Å². The van der Waals surface area contributed by atoms with E-state index in [0.717, 1.165) is 12.1 Å². The van der Waals surface area contributed by atoms with Crippen LogP contribution in [-0.2, 0) is 22.1 Å².